The number of fused-ring (bicyclic) bond motifs is 1. The molecule has 0 aliphatic rings. The number of rotatable bonds is 3. The van der Waals surface area contributed by atoms with Gasteiger partial charge in [-0.1, -0.05) is 19.9 Å². The van der Waals surface area contributed by atoms with E-state index < -0.39 is 5.97 Å². The lowest BCUT2D eigenvalue weighted by Crippen LogP contribution is -2.01. The van der Waals surface area contributed by atoms with Crippen LogP contribution in [0.3, 0.4) is 0 Å². The minimum atomic E-state index is -0.896. The minimum absolute atomic E-state index is 0.347. The maximum absolute atomic E-state index is 11.3. The molecule has 0 radical (unpaired) electrons. The number of carboxylic acid groups (broad SMARTS) is 1. The molecule has 0 atom stereocenters. The van der Waals surface area contributed by atoms with Crippen LogP contribution in [0.5, 0.6) is 0 Å². The predicted octanol–water partition coefficient (Wildman–Crippen LogP) is 2.16. The van der Waals surface area contributed by atoms with E-state index in [9.17, 15) is 9.90 Å². The van der Waals surface area contributed by atoms with Crippen LogP contribution in [0.25, 0.3) is 5.52 Å². The number of pyridine rings is 1. The van der Waals surface area contributed by atoms with Crippen molar-refractivity contribution in [2.24, 2.45) is 0 Å². The van der Waals surface area contributed by atoms with E-state index in [0.29, 0.717) is 17.7 Å². The fraction of sp³-hybridized carbons (Fsp3) is 0.333. The van der Waals surface area contributed by atoms with Crippen LogP contribution in [0.4, 0.5) is 0 Å². The van der Waals surface area contributed by atoms with Crippen molar-refractivity contribution in [1.82, 2.24) is 9.61 Å². The van der Waals surface area contributed by atoms with Crippen LogP contribution in [0.2, 0.25) is 0 Å². The predicted molar refractivity (Wildman–Crippen MR) is 60.9 cm³/mol. The van der Waals surface area contributed by atoms with Gasteiger partial charge in [0.1, 0.15) is 5.56 Å². The highest BCUT2D eigenvalue weighted by atomic mass is 16.4. The Kier molecular flexibility index (Phi) is 2.64. The third-order valence-corrected chi connectivity index (χ3v) is 2.74. The summed E-state index contributed by atoms with van der Waals surface area (Å²) < 4.78 is 1.67. The van der Waals surface area contributed by atoms with Crippen molar-refractivity contribution in [3.63, 3.8) is 0 Å². The molecule has 2 heterocycles. The van der Waals surface area contributed by atoms with Gasteiger partial charge in [0.15, 0.2) is 0 Å². The zero-order chi connectivity index (χ0) is 11.7. The zero-order valence-electron chi connectivity index (χ0n) is 9.40. The molecule has 84 valence electrons. The van der Waals surface area contributed by atoms with Gasteiger partial charge in [0.05, 0.1) is 11.2 Å². The lowest BCUT2D eigenvalue weighted by Gasteiger charge is -2.01. The number of carbonyl (C=O) groups is 1. The van der Waals surface area contributed by atoms with Crippen LogP contribution < -0.4 is 0 Å². The summed E-state index contributed by atoms with van der Waals surface area (Å²) in [5, 5.41) is 13.5. The van der Waals surface area contributed by atoms with Gasteiger partial charge in [-0.25, -0.2) is 9.31 Å². The number of aromatic carboxylic acids is 1. The van der Waals surface area contributed by atoms with Crippen molar-refractivity contribution in [2.45, 2.75) is 26.7 Å². The highest BCUT2D eigenvalue weighted by Crippen LogP contribution is 2.20. The first kappa shape index (κ1) is 10.7. The Morgan fingerprint density at radius 1 is 1.44 bits per heavy atom. The second-order valence-corrected chi connectivity index (χ2v) is 3.66. The highest BCUT2D eigenvalue weighted by molar-refractivity contribution is 5.98. The SMILES string of the molecule is CCc1nn2cccc(CC)c2c1C(=O)O. The van der Waals surface area contributed by atoms with Crippen LogP contribution in [0.1, 0.15) is 35.5 Å². The van der Waals surface area contributed by atoms with Crippen molar-refractivity contribution in [2.75, 3.05) is 0 Å². The molecule has 0 aromatic carbocycles. The van der Waals surface area contributed by atoms with E-state index in [1.807, 2.05) is 26.0 Å². The van der Waals surface area contributed by atoms with Crippen molar-refractivity contribution in [3.8, 4) is 0 Å². The topological polar surface area (TPSA) is 54.6 Å². The van der Waals surface area contributed by atoms with Crippen molar-refractivity contribution < 1.29 is 9.90 Å². The Hall–Kier alpha value is -1.84. The molecule has 0 fully saturated rings. The average molecular weight is 218 g/mol. The molecule has 16 heavy (non-hydrogen) atoms. The largest absolute Gasteiger partial charge is 0.478 e. The normalized spacial score (nSPS) is 10.9. The summed E-state index contributed by atoms with van der Waals surface area (Å²) in [4.78, 5) is 11.3. The third kappa shape index (κ3) is 1.46. The summed E-state index contributed by atoms with van der Waals surface area (Å²) in [6, 6.07) is 3.84. The van der Waals surface area contributed by atoms with Gasteiger partial charge in [-0.2, -0.15) is 5.10 Å². The quantitative estimate of drug-likeness (QED) is 0.858. The van der Waals surface area contributed by atoms with E-state index in [4.69, 9.17) is 0 Å². The van der Waals surface area contributed by atoms with Crippen molar-refractivity contribution in [3.05, 3.63) is 35.2 Å². The van der Waals surface area contributed by atoms with Gasteiger partial charge in [0, 0.05) is 6.20 Å². The number of carboxylic acids is 1. The lowest BCUT2D eigenvalue weighted by atomic mass is 10.1. The maximum atomic E-state index is 11.3. The molecule has 0 saturated heterocycles. The van der Waals surface area contributed by atoms with E-state index in [2.05, 4.69) is 5.10 Å². The van der Waals surface area contributed by atoms with Crippen LogP contribution in [-0.2, 0) is 12.8 Å². The van der Waals surface area contributed by atoms with Crippen LogP contribution in [0.15, 0.2) is 18.3 Å². The van der Waals surface area contributed by atoms with Crippen molar-refractivity contribution in [1.29, 1.82) is 0 Å². The Labute approximate surface area is 93.5 Å². The number of hydrogen-bond donors (Lipinski definition) is 1. The van der Waals surface area contributed by atoms with Gasteiger partial charge in [-0.15, -0.1) is 0 Å². The van der Waals surface area contributed by atoms with Gasteiger partial charge in [-0.3, -0.25) is 0 Å². The summed E-state index contributed by atoms with van der Waals surface area (Å²) in [6.45, 7) is 3.93. The smallest absolute Gasteiger partial charge is 0.339 e. The van der Waals surface area contributed by atoms with E-state index in [0.717, 1.165) is 17.5 Å². The molecule has 0 spiro atoms. The fourth-order valence-electron chi connectivity index (χ4n) is 1.97. The molecule has 2 rings (SSSR count). The van der Waals surface area contributed by atoms with E-state index in [1.165, 1.54) is 0 Å². The molecule has 0 amide bonds. The van der Waals surface area contributed by atoms with Crippen molar-refractivity contribution >= 4 is 11.5 Å². The van der Waals surface area contributed by atoms with Gasteiger partial charge in [0.25, 0.3) is 0 Å². The van der Waals surface area contributed by atoms with Gasteiger partial charge in [0.2, 0.25) is 0 Å². The van der Waals surface area contributed by atoms with Gasteiger partial charge < -0.3 is 5.11 Å². The average Bonchev–Trinajstić information content (AvgIpc) is 2.66. The lowest BCUT2D eigenvalue weighted by molar-refractivity contribution is 0.0698. The third-order valence-electron chi connectivity index (χ3n) is 2.74. The van der Waals surface area contributed by atoms with Crippen LogP contribution >= 0.6 is 0 Å². The molecule has 0 saturated carbocycles. The zero-order valence-corrected chi connectivity index (χ0v) is 9.40. The Bertz CT molecular complexity index is 543. The van der Waals surface area contributed by atoms with E-state index in [1.54, 1.807) is 10.7 Å². The molecular formula is C12H14N2O2. The molecule has 0 bridgehead atoms. The molecule has 0 aliphatic carbocycles. The summed E-state index contributed by atoms with van der Waals surface area (Å²) in [6.07, 6.45) is 3.23. The Morgan fingerprint density at radius 2 is 2.19 bits per heavy atom. The van der Waals surface area contributed by atoms with E-state index >= 15 is 0 Å². The molecule has 4 nitrogen and oxygen atoms in total. The molecular weight excluding hydrogens is 204 g/mol. The molecule has 0 unspecified atom stereocenters. The molecule has 2 aromatic heterocycles. The van der Waals surface area contributed by atoms with Gasteiger partial charge in [-0.05, 0) is 24.5 Å². The monoisotopic (exact) mass is 218 g/mol. The standard InChI is InChI=1S/C12H14N2O2/c1-3-8-6-5-7-14-11(8)10(12(15)16)9(4-2)13-14/h5-7H,3-4H2,1-2H3,(H,15,16). The highest BCUT2D eigenvalue weighted by Gasteiger charge is 2.19. The summed E-state index contributed by atoms with van der Waals surface area (Å²) in [5.41, 5.74) is 2.75. The van der Waals surface area contributed by atoms with Crippen LogP contribution in [0, 0.1) is 0 Å². The minimum Gasteiger partial charge on any atom is -0.478 e. The summed E-state index contributed by atoms with van der Waals surface area (Å²) >= 11 is 0. The Balaban J connectivity index is 2.86. The number of hydrogen-bond acceptors (Lipinski definition) is 2. The second-order valence-electron chi connectivity index (χ2n) is 3.66. The first-order valence-corrected chi connectivity index (χ1v) is 5.41. The first-order valence-electron chi connectivity index (χ1n) is 5.41. The van der Waals surface area contributed by atoms with Crippen LogP contribution in [-0.4, -0.2) is 20.7 Å². The Morgan fingerprint density at radius 3 is 2.75 bits per heavy atom. The van der Waals surface area contributed by atoms with Gasteiger partial charge >= 0.3 is 5.97 Å². The molecule has 0 aliphatic heterocycles. The molecule has 1 N–H and O–H groups in total. The maximum Gasteiger partial charge on any atom is 0.339 e. The summed E-state index contributed by atoms with van der Waals surface area (Å²) in [5.74, 6) is -0.896. The first-order chi connectivity index (χ1) is 7.69. The fourth-order valence-corrected chi connectivity index (χ4v) is 1.97. The molecule has 4 heteroatoms. The second kappa shape index (κ2) is 3.96. The number of aryl methyl sites for hydroxylation is 2. The number of aromatic nitrogens is 2. The molecule has 2 aromatic rings. The number of nitrogens with zero attached hydrogens (tertiary/aromatic N) is 2. The summed E-state index contributed by atoms with van der Waals surface area (Å²) in [7, 11) is 0. The van der Waals surface area contributed by atoms with E-state index in [-0.39, 0.29) is 0 Å².